The minimum absolute atomic E-state index is 0.0773. The van der Waals surface area contributed by atoms with Crippen LogP contribution in [-0.4, -0.2) is 40.4 Å². The number of alkyl halides is 1. The van der Waals surface area contributed by atoms with Gasteiger partial charge in [-0.25, -0.2) is 8.42 Å². The topological polar surface area (TPSA) is 55.2 Å². The maximum absolute atomic E-state index is 12.7. The van der Waals surface area contributed by atoms with Crippen molar-refractivity contribution in [1.82, 2.24) is 14.1 Å². The van der Waals surface area contributed by atoms with E-state index in [2.05, 4.69) is 21.0 Å². The van der Waals surface area contributed by atoms with E-state index in [0.29, 0.717) is 28.2 Å². The van der Waals surface area contributed by atoms with Crippen LogP contribution in [-0.2, 0) is 17.1 Å². The van der Waals surface area contributed by atoms with Crippen LogP contribution in [0.15, 0.2) is 4.90 Å². The Balaban J connectivity index is 3.35. The van der Waals surface area contributed by atoms with E-state index in [1.807, 2.05) is 13.8 Å². The van der Waals surface area contributed by atoms with Gasteiger partial charge in [0.2, 0.25) is 10.0 Å². The average Bonchev–Trinajstić information content (AvgIpc) is 2.49. The SMILES string of the molecule is Cc1nn(C)c(C)c1S(=O)(=O)N(CCBr)C(C)C. The molecule has 0 unspecified atom stereocenters. The molecule has 0 spiro atoms. The summed E-state index contributed by atoms with van der Waals surface area (Å²) in [7, 11) is -1.73. The zero-order valence-corrected chi connectivity index (χ0v) is 13.8. The van der Waals surface area contributed by atoms with Gasteiger partial charge in [-0.05, 0) is 27.7 Å². The number of aryl methyl sites for hydroxylation is 2. The van der Waals surface area contributed by atoms with Crippen LogP contribution < -0.4 is 0 Å². The molecule has 104 valence electrons. The van der Waals surface area contributed by atoms with E-state index in [-0.39, 0.29) is 6.04 Å². The molecular formula is C11H20BrN3O2S. The maximum Gasteiger partial charge on any atom is 0.246 e. The summed E-state index contributed by atoms with van der Waals surface area (Å²) < 4.78 is 28.4. The zero-order chi connectivity index (χ0) is 14.1. The van der Waals surface area contributed by atoms with E-state index < -0.39 is 10.0 Å². The van der Waals surface area contributed by atoms with Crippen molar-refractivity contribution in [3.05, 3.63) is 11.4 Å². The highest BCUT2D eigenvalue weighted by molar-refractivity contribution is 9.09. The normalized spacial score (nSPS) is 12.7. The summed E-state index contributed by atoms with van der Waals surface area (Å²) in [6.45, 7) is 7.71. The van der Waals surface area contributed by atoms with Crippen molar-refractivity contribution in [2.45, 2.75) is 38.6 Å². The summed E-state index contributed by atoms with van der Waals surface area (Å²) in [6.07, 6.45) is 0. The molecule has 0 atom stereocenters. The lowest BCUT2D eigenvalue weighted by molar-refractivity contribution is 0.371. The van der Waals surface area contributed by atoms with Crippen molar-refractivity contribution >= 4 is 26.0 Å². The Hall–Kier alpha value is -0.400. The number of halogens is 1. The van der Waals surface area contributed by atoms with Crippen molar-refractivity contribution in [2.75, 3.05) is 11.9 Å². The quantitative estimate of drug-likeness (QED) is 0.770. The highest BCUT2D eigenvalue weighted by Crippen LogP contribution is 2.24. The van der Waals surface area contributed by atoms with Crippen LogP contribution in [0.5, 0.6) is 0 Å². The lowest BCUT2D eigenvalue weighted by atomic mass is 10.4. The van der Waals surface area contributed by atoms with Crippen molar-refractivity contribution in [3.63, 3.8) is 0 Å². The van der Waals surface area contributed by atoms with Crippen LogP contribution in [0, 0.1) is 13.8 Å². The molecule has 1 rings (SSSR count). The molecule has 5 nitrogen and oxygen atoms in total. The molecule has 0 aliphatic heterocycles. The summed E-state index contributed by atoms with van der Waals surface area (Å²) in [5, 5.41) is 4.79. The standard InChI is InChI=1S/C11H20BrN3O2S/c1-8(2)15(7-6-12)18(16,17)11-9(3)13-14(5)10(11)4/h8H,6-7H2,1-5H3. The molecule has 0 aliphatic carbocycles. The third-order valence-electron chi connectivity index (χ3n) is 2.89. The number of sulfonamides is 1. The molecule has 0 bridgehead atoms. The van der Waals surface area contributed by atoms with E-state index >= 15 is 0 Å². The predicted molar refractivity (Wildman–Crippen MR) is 75.5 cm³/mol. The molecule has 18 heavy (non-hydrogen) atoms. The Morgan fingerprint density at radius 1 is 1.39 bits per heavy atom. The minimum Gasteiger partial charge on any atom is -0.271 e. The summed E-state index contributed by atoms with van der Waals surface area (Å²) in [5.41, 5.74) is 1.22. The highest BCUT2D eigenvalue weighted by Gasteiger charge is 2.31. The smallest absolute Gasteiger partial charge is 0.246 e. The van der Waals surface area contributed by atoms with Gasteiger partial charge in [-0.1, -0.05) is 15.9 Å². The molecule has 1 heterocycles. The average molecular weight is 338 g/mol. The maximum atomic E-state index is 12.7. The Morgan fingerprint density at radius 2 is 1.94 bits per heavy atom. The van der Waals surface area contributed by atoms with E-state index in [9.17, 15) is 8.42 Å². The monoisotopic (exact) mass is 337 g/mol. The number of rotatable bonds is 5. The summed E-state index contributed by atoms with van der Waals surface area (Å²) in [5.74, 6) is 0. The number of nitrogens with zero attached hydrogens (tertiary/aromatic N) is 3. The second-order valence-electron chi connectivity index (χ2n) is 4.52. The molecule has 0 saturated carbocycles. The van der Waals surface area contributed by atoms with Crippen molar-refractivity contribution < 1.29 is 8.42 Å². The second kappa shape index (κ2) is 5.71. The van der Waals surface area contributed by atoms with Gasteiger partial charge >= 0.3 is 0 Å². The van der Waals surface area contributed by atoms with Crippen molar-refractivity contribution in [3.8, 4) is 0 Å². The lowest BCUT2D eigenvalue weighted by Gasteiger charge is -2.25. The van der Waals surface area contributed by atoms with Gasteiger partial charge in [0.1, 0.15) is 4.90 Å². The number of hydrogen-bond donors (Lipinski definition) is 0. The molecule has 0 aromatic carbocycles. The Bertz CT molecular complexity index is 523. The second-order valence-corrected chi connectivity index (χ2v) is 7.14. The molecule has 1 aromatic heterocycles. The van der Waals surface area contributed by atoms with Crippen LogP contribution in [0.25, 0.3) is 0 Å². The first-order chi connectivity index (χ1) is 8.23. The Morgan fingerprint density at radius 3 is 2.28 bits per heavy atom. The van der Waals surface area contributed by atoms with Crippen LogP contribution in [0.4, 0.5) is 0 Å². The van der Waals surface area contributed by atoms with E-state index in [4.69, 9.17) is 0 Å². The predicted octanol–water partition coefficient (Wildman–Crippen LogP) is 1.83. The molecule has 0 aliphatic rings. The van der Waals surface area contributed by atoms with E-state index in [1.165, 1.54) is 4.31 Å². The molecule has 0 saturated heterocycles. The first kappa shape index (κ1) is 15.7. The van der Waals surface area contributed by atoms with Gasteiger partial charge < -0.3 is 0 Å². The minimum atomic E-state index is -3.48. The molecule has 1 aromatic rings. The largest absolute Gasteiger partial charge is 0.271 e. The fraction of sp³-hybridized carbons (Fsp3) is 0.727. The molecule has 0 radical (unpaired) electrons. The van der Waals surface area contributed by atoms with Crippen LogP contribution in [0.3, 0.4) is 0 Å². The Kier molecular flexibility index (Phi) is 4.97. The third kappa shape index (κ3) is 2.78. The zero-order valence-electron chi connectivity index (χ0n) is 11.4. The van der Waals surface area contributed by atoms with E-state index in [0.717, 1.165) is 0 Å². The third-order valence-corrected chi connectivity index (χ3v) is 5.57. The van der Waals surface area contributed by atoms with Gasteiger partial charge in [-0.3, -0.25) is 4.68 Å². The molecular weight excluding hydrogens is 318 g/mol. The summed E-state index contributed by atoms with van der Waals surface area (Å²) in [4.78, 5) is 0.333. The number of hydrogen-bond acceptors (Lipinski definition) is 3. The summed E-state index contributed by atoms with van der Waals surface area (Å²) in [6, 6.07) is -0.0773. The van der Waals surface area contributed by atoms with Gasteiger partial charge in [0.15, 0.2) is 0 Å². The van der Waals surface area contributed by atoms with Gasteiger partial charge in [0.05, 0.1) is 11.4 Å². The van der Waals surface area contributed by atoms with Gasteiger partial charge in [0.25, 0.3) is 0 Å². The fourth-order valence-electron chi connectivity index (χ4n) is 1.98. The molecule has 0 fully saturated rings. The first-order valence-corrected chi connectivity index (χ1v) is 8.37. The van der Waals surface area contributed by atoms with Gasteiger partial charge in [-0.15, -0.1) is 0 Å². The van der Waals surface area contributed by atoms with Crippen molar-refractivity contribution in [1.29, 1.82) is 0 Å². The molecule has 0 N–H and O–H groups in total. The van der Waals surface area contributed by atoms with Gasteiger partial charge in [-0.2, -0.15) is 9.40 Å². The Labute approximate surface area is 117 Å². The van der Waals surface area contributed by atoms with Crippen molar-refractivity contribution in [2.24, 2.45) is 7.05 Å². The molecule has 7 heteroatoms. The number of aromatic nitrogens is 2. The van der Waals surface area contributed by atoms with Gasteiger partial charge in [0, 0.05) is 25.0 Å². The highest BCUT2D eigenvalue weighted by atomic mass is 79.9. The lowest BCUT2D eigenvalue weighted by Crippen LogP contribution is -2.38. The van der Waals surface area contributed by atoms with Crippen LogP contribution in [0.1, 0.15) is 25.2 Å². The van der Waals surface area contributed by atoms with Crippen LogP contribution in [0.2, 0.25) is 0 Å². The molecule has 0 amide bonds. The fourth-order valence-corrected chi connectivity index (χ4v) is 4.64. The first-order valence-electron chi connectivity index (χ1n) is 5.81. The summed E-state index contributed by atoms with van der Waals surface area (Å²) >= 11 is 3.30. The van der Waals surface area contributed by atoms with E-state index in [1.54, 1.807) is 25.6 Å². The van der Waals surface area contributed by atoms with Crippen LogP contribution >= 0.6 is 15.9 Å².